The number of rotatable bonds is 2. The van der Waals surface area contributed by atoms with E-state index in [1.165, 1.54) is 11.1 Å². The molecule has 3 aromatic rings. The van der Waals surface area contributed by atoms with Crippen LogP contribution in [-0.4, -0.2) is 15.0 Å². The molecule has 0 saturated heterocycles. The minimum absolute atomic E-state index is 0.572. The molecule has 0 saturated carbocycles. The van der Waals surface area contributed by atoms with Crippen LogP contribution in [0.15, 0.2) is 36.4 Å². The van der Waals surface area contributed by atoms with Gasteiger partial charge in [-0.15, -0.1) is 5.10 Å². The second-order valence-corrected chi connectivity index (χ2v) is 5.77. The summed E-state index contributed by atoms with van der Waals surface area (Å²) < 4.78 is 1.72. The summed E-state index contributed by atoms with van der Waals surface area (Å²) in [4.78, 5) is 0. The van der Waals surface area contributed by atoms with Gasteiger partial charge in [0.25, 0.3) is 0 Å². The molecule has 22 heavy (non-hydrogen) atoms. The molecule has 0 radical (unpaired) electrons. The highest BCUT2D eigenvalue weighted by Crippen LogP contribution is 2.29. The zero-order valence-electron chi connectivity index (χ0n) is 13.4. The molecular formula is C18H20N4. The molecule has 0 bridgehead atoms. The van der Waals surface area contributed by atoms with Crippen molar-refractivity contribution in [2.45, 2.75) is 27.7 Å². The van der Waals surface area contributed by atoms with Crippen LogP contribution < -0.4 is 5.73 Å². The van der Waals surface area contributed by atoms with Crippen LogP contribution in [-0.2, 0) is 0 Å². The molecule has 0 atom stereocenters. The van der Waals surface area contributed by atoms with Crippen molar-refractivity contribution in [3.8, 4) is 16.9 Å². The third kappa shape index (κ3) is 2.26. The molecule has 4 nitrogen and oxygen atoms in total. The van der Waals surface area contributed by atoms with E-state index in [1.54, 1.807) is 4.68 Å². The molecule has 2 aromatic carbocycles. The monoisotopic (exact) mass is 292 g/mol. The van der Waals surface area contributed by atoms with Gasteiger partial charge in [-0.25, -0.2) is 0 Å². The Morgan fingerprint density at radius 1 is 0.955 bits per heavy atom. The summed E-state index contributed by atoms with van der Waals surface area (Å²) >= 11 is 0. The Kier molecular flexibility index (Phi) is 3.45. The van der Waals surface area contributed by atoms with Crippen molar-refractivity contribution < 1.29 is 0 Å². The van der Waals surface area contributed by atoms with Crippen LogP contribution in [0.5, 0.6) is 0 Å². The Bertz CT molecular complexity index is 827. The van der Waals surface area contributed by atoms with Gasteiger partial charge in [0.1, 0.15) is 5.69 Å². The van der Waals surface area contributed by atoms with Crippen molar-refractivity contribution in [3.05, 3.63) is 58.7 Å². The first-order chi connectivity index (χ1) is 10.5. The molecule has 4 heteroatoms. The molecule has 2 N–H and O–H groups in total. The van der Waals surface area contributed by atoms with Gasteiger partial charge in [-0.1, -0.05) is 35.0 Å². The lowest BCUT2D eigenvalue weighted by Gasteiger charge is -2.10. The van der Waals surface area contributed by atoms with Crippen molar-refractivity contribution in [2.24, 2.45) is 0 Å². The number of nitrogen functional groups attached to an aromatic ring is 1. The van der Waals surface area contributed by atoms with E-state index in [0.29, 0.717) is 5.82 Å². The average molecular weight is 292 g/mol. The van der Waals surface area contributed by atoms with Gasteiger partial charge in [-0.2, -0.15) is 4.68 Å². The smallest absolute Gasteiger partial charge is 0.155 e. The zero-order chi connectivity index (χ0) is 15.9. The summed E-state index contributed by atoms with van der Waals surface area (Å²) in [5, 5.41) is 8.60. The molecule has 0 amide bonds. The molecule has 0 aliphatic rings. The van der Waals surface area contributed by atoms with Crippen LogP contribution in [0, 0.1) is 27.7 Å². The number of anilines is 1. The first kappa shape index (κ1) is 14.3. The van der Waals surface area contributed by atoms with Crippen LogP contribution in [0.3, 0.4) is 0 Å². The Labute approximate surface area is 130 Å². The summed E-state index contributed by atoms with van der Waals surface area (Å²) in [5.41, 5.74) is 13.8. The van der Waals surface area contributed by atoms with Crippen LogP contribution in [0.25, 0.3) is 16.9 Å². The van der Waals surface area contributed by atoms with Gasteiger partial charge in [-0.05, 0) is 56.5 Å². The normalized spacial score (nSPS) is 10.9. The van der Waals surface area contributed by atoms with Crippen LogP contribution in [0.1, 0.15) is 22.3 Å². The topological polar surface area (TPSA) is 56.7 Å². The highest BCUT2D eigenvalue weighted by atomic mass is 15.5. The number of aromatic nitrogens is 3. The number of nitrogens with zero attached hydrogens (tertiary/aromatic N) is 3. The molecule has 0 unspecified atom stereocenters. The second-order valence-electron chi connectivity index (χ2n) is 5.77. The van der Waals surface area contributed by atoms with Gasteiger partial charge >= 0.3 is 0 Å². The SMILES string of the molecule is Cc1ccc(C)c(-c2nnn(-c3cccc(C)c3C)c2N)c1. The van der Waals surface area contributed by atoms with E-state index in [9.17, 15) is 0 Å². The Balaban J connectivity index is 2.17. The third-order valence-electron chi connectivity index (χ3n) is 4.16. The van der Waals surface area contributed by atoms with E-state index < -0.39 is 0 Å². The van der Waals surface area contributed by atoms with E-state index >= 15 is 0 Å². The van der Waals surface area contributed by atoms with Gasteiger partial charge in [0, 0.05) is 5.56 Å². The third-order valence-corrected chi connectivity index (χ3v) is 4.16. The number of hydrogen-bond acceptors (Lipinski definition) is 3. The van der Waals surface area contributed by atoms with E-state index in [4.69, 9.17) is 5.73 Å². The zero-order valence-corrected chi connectivity index (χ0v) is 13.4. The van der Waals surface area contributed by atoms with E-state index in [-0.39, 0.29) is 0 Å². The lowest BCUT2D eigenvalue weighted by molar-refractivity contribution is 0.804. The van der Waals surface area contributed by atoms with Gasteiger partial charge in [-0.3, -0.25) is 0 Å². The molecule has 0 spiro atoms. The van der Waals surface area contributed by atoms with Crippen molar-refractivity contribution in [2.75, 3.05) is 5.73 Å². The summed E-state index contributed by atoms with van der Waals surface area (Å²) in [6, 6.07) is 12.4. The largest absolute Gasteiger partial charge is 0.382 e. The van der Waals surface area contributed by atoms with E-state index in [2.05, 4.69) is 62.3 Å². The lowest BCUT2D eigenvalue weighted by Crippen LogP contribution is -2.05. The fourth-order valence-corrected chi connectivity index (χ4v) is 2.61. The quantitative estimate of drug-likeness (QED) is 0.782. The highest BCUT2D eigenvalue weighted by Gasteiger charge is 2.16. The molecule has 112 valence electrons. The maximum absolute atomic E-state index is 6.34. The number of benzene rings is 2. The number of nitrogens with two attached hydrogens (primary N) is 1. The molecule has 3 rings (SSSR count). The Hall–Kier alpha value is -2.62. The minimum Gasteiger partial charge on any atom is -0.382 e. The van der Waals surface area contributed by atoms with Crippen molar-refractivity contribution in [1.29, 1.82) is 0 Å². The van der Waals surface area contributed by atoms with Crippen LogP contribution in [0.2, 0.25) is 0 Å². The maximum atomic E-state index is 6.34. The summed E-state index contributed by atoms with van der Waals surface area (Å²) in [6.07, 6.45) is 0. The predicted molar refractivity (Wildman–Crippen MR) is 90.2 cm³/mol. The van der Waals surface area contributed by atoms with Crippen molar-refractivity contribution >= 4 is 5.82 Å². The number of hydrogen-bond donors (Lipinski definition) is 1. The predicted octanol–water partition coefficient (Wildman–Crippen LogP) is 3.75. The Morgan fingerprint density at radius 3 is 2.50 bits per heavy atom. The Morgan fingerprint density at radius 2 is 1.73 bits per heavy atom. The van der Waals surface area contributed by atoms with Crippen molar-refractivity contribution in [3.63, 3.8) is 0 Å². The van der Waals surface area contributed by atoms with Gasteiger partial charge in [0.15, 0.2) is 5.82 Å². The van der Waals surface area contributed by atoms with Crippen LogP contribution in [0.4, 0.5) is 5.82 Å². The van der Waals surface area contributed by atoms with Gasteiger partial charge < -0.3 is 5.73 Å². The molecule has 0 aliphatic heterocycles. The summed E-state index contributed by atoms with van der Waals surface area (Å²) in [7, 11) is 0. The van der Waals surface area contributed by atoms with E-state index in [1.807, 2.05) is 12.1 Å². The highest BCUT2D eigenvalue weighted by molar-refractivity contribution is 5.74. The first-order valence-electron chi connectivity index (χ1n) is 7.34. The average Bonchev–Trinajstić information content (AvgIpc) is 2.86. The first-order valence-corrected chi connectivity index (χ1v) is 7.34. The molecule has 0 aliphatic carbocycles. The van der Waals surface area contributed by atoms with E-state index in [0.717, 1.165) is 28.1 Å². The molecular weight excluding hydrogens is 272 g/mol. The molecule has 1 heterocycles. The maximum Gasteiger partial charge on any atom is 0.155 e. The van der Waals surface area contributed by atoms with Gasteiger partial charge in [0.2, 0.25) is 0 Å². The second kappa shape index (κ2) is 5.30. The van der Waals surface area contributed by atoms with Gasteiger partial charge in [0.05, 0.1) is 5.69 Å². The molecule has 0 fully saturated rings. The molecule has 1 aromatic heterocycles. The lowest BCUT2D eigenvalue weighted by atomic mass is 10.0. The fraction of sp³-hybridized carbons (Fsp3) is 0.222. The summed E-state index contributed by atoms with van der Waals surface area (Å²) in [6.45, 7) is 8.28. The fourth-order valence-electron chi connectivity index (χ4n) is 2.61. The van der Waals surface area contributed by atoms with Crippen LogP contribution >= 0.6 is 0 Å². The minimum atomic E-state index is 0.572. The van der Waals surface area contributed by atoms with Crippen molar-refractivity contribution in [1.82, 2.24) is 15.0 Å². The summed E-state index contributed by atoms with van der Waals surface area (Å²) in [5.74, 6) is 0.572. The standard InChI is InChI=1S/C18H20N4/c1-11-8-9-13(3)15(10-11)17-18(19)22(21-20-17)16-7-5-6-12(2)14(16)4/h5-10H,19H2,1-4H3. The number of aryl methyl sites for hydroxylation is 3.